The normalized spacial score (nSPS) is 15.4. The summed E-state index contributed by atoms with van der Waals surface area (Å²) in [6.07, 6.45) is 0.990. The van der Waals surface area contributed by atoms with E-state index in [1.165, 1.54) is 5.56 Å². The van der Waals surface area contributed by atoms with Crippen molar-refractivity contribution in [2.45, 2.75) is 13.3 Å². The van der Waals surface area contributed by atoms with Gasteiger partial charge in [0.15, 0.2) is 5.58 Å². The molecule has 1 aliphatic heterocycles. The van der Waals surface area contributed by atoms with Crippen molar-refractivity contribution in [1.82, 2.24) is 19.9 Å². The third-order valence-corrected chi connectivity index (χ3v) is 6.66. The van der Waals surface area contributed by atoms with E-state index in [2.05, 4.69) is 48.3 Å². The SMILES string of the molecule is Cc1ccc(-c2nc(-c3noc4ccc(C(=O)N5CCCN(C)CC5)cc34)cs2)cc1. The van der Waals surface area contributed by atoms with E-state index in [9.17, 15) is 4.79 Å². The molecule has 0 bridgehead atoms. The van der Waals surface area contributed by atoms with Gasteiger partial charge in [-0.1, -0.05) is 35.0 Å². The number of likely N-dealkylation sites (N-methyl/N-ethyl adjacent to an activating group) is 1. The first kappa shape index (κ1) is 19.9. The van der Waals surface area contributed by atoms with Crippen LogP contribution < -0.4 is 0 Å². The highest BCUT2D eigenvalue weighted by molar-refractivity contribution is 7.13. The van der Waals surface area contributed by atoms with Gasteiger partial charge in [0.2, 0.25) is 0 Å². The fraction of sp³-hybridized carbons (Fsp3) is 0.292. The van der Waals surface area contributed by atoms with Gasteiger partial charge in [-0.3, -0.25) is 4.79 Å². The second-order valence-corrected chi connectivity index (χ2v) is 8.95. The van der Waals surface area contributed by atoms with Crippen LogP contribution in [0, 0.1) is 6.92 Å². The number of aromatic nitrogens is 2. The summed E-state index contributed by atoms with van der Waals surface area (Å²) in [5.41, 5.74) is 5.06. The summed E-state index contributed by atoms with van der Waals surface area (Å²) in [5.74, 6) is 0.0583. The lowest BCUT2D eigenvalue weighted by molar-refractivity contribution is 0.0763. The Morgan fingerprint density at radius 2 is 1.90 bits per heavy atom. The summed E-state index contributed by atoms with van der Waals surface area (Å²) in [6, 6.07) is 13.9. The summed E-state index contributed by atoms with van der Waals surface area (Å²) in [7, 11) is 2.10. The maximum Gasteiger partial charge on any atom is 0.253 e. The number of carbonyl (C=O) groups excluding carboxylic acids is 1. The molecule has 158 valence electrons. The average molecular weight is 433 g/mol. The molecule has 1 saturated heterocycles. The van der Waals surface area contributed by atoms with Gasteiger partial charge in [0.1, 0.15) is 16.4 Å². The van der Waals surface area contributed by atoms with E-state index >= 15 is 0 Å². The summed E-state index contributed by atoms with van der Waals surface area (Å²) in [5, 5.41) is 8.01. The molecule has 0 atom stereocenters. The van der Waals surface area contributed by atoms with E-state index in [0.717, 1.165) is 54.3 Å². The number of rotatable bonds is 3. The van der Waals surface area contributed by atoms with Gasteiger partial charge in [-0.15, -0.1) is 11.3 Å². The van der Waals surface area contributed by atoms with Gasteiger partial charge >= 0.3 is 0 Å². The molecule has 4 aromatic rings. The standard InChI is InChI=1S/C24H24N4O2S/c1-16-4-6-17(7-5-16)23-25-20(15-31-23)22-19-14-18(8-9-21(19)30-26-22)24(29)28-11-3-10-27(2)12-13-28/h4-9,14-15H,3,10-13H2,1-2H3. The Morgan fingerprint density at radius 3 is 2.74 bits per heavy atom. The molecule has 1 amide bonds. The Bertz CT molecular complexity index is 1230. The molecule has 7 heteroatoms. The molecule has 3 heterocycles. The molecule has 5 rings (SSSR count). The van der Waals surface area contributed by atoms with Crippen LogP contribution in [0.4, 0.5) is 0 Å². The maximum absolute atomic E-state index is 13.1. The number of carbonyl (C=O) groups is 1. The minimum atomic E-state index is 0.0583. The lowest BCUT2D eigenvalue weighted by atomic mass is 10.1. The van der Waals surface area contributed by atoms with E-state index in [1.807, 2.05) is 28.5 Å². The Balaban J connectivity index is 1.46. The molecule has 1 aliphatic rings. The topological polar surface area (TPSA) is 62.5 Å². The van der Waals surface area contributed by atoms with E-state index < -0.39 is 0 Å². The van der Waals surface area contributed by atoms with Crippen molar-refractivity contribution in [3.8, 4) is 22.0 Å². The Labute approximate surface area is 185 Å². The van der Waals surface area contributed by atoms with Crippen LogP contribution in [0.3, 0.4) is 0 Å². The van der Waals surface area contributed by atoms with Gasteiger partial charge in [-0.2, -0.15) is 0 Å². The van der Waals surface area contributed by atoms with Crippen LogP contribution in [0.25, 0.3) is 32.9 Å². The summed E-state index contributed by atoms with van der Waals surface area (Å²) >= 11 is 1.58. The second-order valence-electron chi connectivity index (χ2n) is 8.10. The van der Waals surface area contributed by atoms with Crippen molar-refractivity contribution in [2.24, 2.45) is 0 Å². The number of benzene rings is 2. The number of fused-ring (bicyclic) bond motifs is 1. The third kappa shape index (κ3) is 3.98. The highest BCUT2D eigenvalue weighted by atomic mass is 32.1. The lowest BCUT2D eigenvalue weighted by Gasteiger charge is -2.20. The molecule has 31 heavy (non-hydrogen) atoms. The molecular weight excluding hydrogens is 408 g/mol. The molecule has 1 fully saturated rings. The highest BCUT2D eigenvalue weighted by Crippen LogP contribution is 2.33. The zero-order valence-corrected chi connectivity index (χ0v) is 18.5. The van der Waals surface area contributed by atoms with E-state index in [-0.39, 0.29) is 5.91 Å². The molecule has 0 N–H and O–H groups in total. The van der Waals surface area contributed by atoms with E-state index in [4.69, 9.17) is 9.51 Å². The monoisotopic (exact) mass is 432 g/mol. The lowest BCUT2D eigenvalue weighted by Crippen LogP contribution is -2.34. The highest BCUT2D eigenvalue weighted by Gasteiger charge is 2.21. The zero-order valence-electron chi connectivity index (χ0n) is 17.7. The predicted octanol–water partition coefficient (Wildman–Crippen LogP) is 4.70. The van der Waals surface area contributed by atoms with Crippen LogP contribution in [0.15, 0.2) is 52.4 Å². The van der Waals surface area contributed by atoms with Crippen LogP contribution in [0.5, 0.6) is 0 Å². The van der Waals surface area contributed by atoms with E-state index in [1.54, 1.807) is 11.3 Å². The third-order valence-electron chi connectivity index (χ3n) is 5.77. The molecule has 0 unspecified atom stereocenters. The number of hydrogen-bond acceptors (Lipinski definition) is 6. The van der Waals surface area contributed by atoms with Crippen molar-refractivity contribution in [2.75, 3.05) is 33.2 Å². The van der Waals surface area contributed by atoms with Gasteiger partial charge < -0.3 is 14.3 Å². The first-order valence-corrected chi connectivity index (χ1v) is 11.4. The molecule has 0 spiro atoms. The largest absolute Gasteiger partial charge is 0.356 e. The summed E-state index contributed by atoms with van der Waals surface area (Å²) in [6.45, 7) is 5.51. The fourth-order valence-electron chi connectivity index (χ4n) is 3.90. The summed E-state index contributed by atoms with van der Waals surface area (Å²) in [4.78, 5) is 22.1. The van der Waals surface area contributed by atoms with Gasteiger partial charge in [-0.05, 0) is 45.1 Å². The Hall–Kier alpha value is -3.03. The van der Waals surface area contributed by atoms with Crippen molar-refractivity contribution in [3.05, 3.63) is 59.0 Å². The maximum atomic E-state index is 13.1. The first-order valence-electron chi connectivity index (χ1n) is 10.5. The minimum Gasteiger partial charge on any atom is -0.356 e. The van der Waals surface area contributed by atoms with Crippen LogP contribution >= 0.6 is 11.3 Å². The smallest absolute Gasteiger partial charge is 0.253 e. The zero-order chi connectivity index (χ0) is 21.4. The van der Waals surface area contributed by atoms with Gasteiger partial charge in [-0.25, -0.2) is 4.98 Å². The summed E-state index contributed by atoms with van der Waals surface area (Å²) < 4.78 is 5.53. The number of amides is 1. The Morgan fingerprint density at radius 1 is 1.06 bits per heavy atom. The molecular formula is C24H24N4O2S. The molecule has 2 aromatic heterocycles. The van der Waals surface area contributed by atoms with Crippen LogP contribution in [-0.4, -0.2) is 59.1 Å². The molecule has 0 aliphatic carbocycles. The van der Waals surface area contributed by atoms with Crippen molar-refractivity contribution in [1.29, 1.82) is 0 Å². The quantitative estimate of drug-likeness (QED) is 0.469. The fourth-order valence-corrected chi connectivity index (χ4v) is 4.71. The predicted molar refractivity (Wildman–Crippen MR) is 123 cm³/mol. The second kappa shape index (κ2) is 8.24. The molecule has 6 nitrogen and oxygen atoms in total. The number of hydrogen-bond donors (Lipinski definition) is 0. The van der Waals surface area contributed by atoms with Crippen molar-refractivity contribution >= 4 is 28.2 Å². The molecule has 0 saturated carbocycles. The molecule has 2 aromatic carbocycles. The van der Waals surface area contributed by atoms with E-state index in [0.29, 0.717) is 16.8 Å². The average Bonchev–Trinajstić information content (AvgIpc) is 3.37. The van der Waals surface area contributed by atoms with Crippen LogP contribution in [0.1, 0.15) is 22.3 Å². The number of aryl methyl sites for hydroxylation is 1. The van der Waals surface area contributed by atoms with Crippen LogP contribution in [-0.2, 0) is 0 Å². The number of nitrogens with zero attached hydrogens (tertiary/aromatic N) is 4. The van der Waals surface area contributed by atoms with Gasteiger partial charge in [0.25, 0.3) is 5.91 Å². The van der Waals surface area contributed by atoms with Crippen molar-refractivity contribution < 1.29 is 9.32 Å². The minimum absolute atomic E-state index is 0.0583. The van der Waals surface area contributed by atoms with Crippen molar-refractivity contribution in [3.63, 3.8) is 0 Å². The van der Waals surface area contributed by atoms with Gasteiger partial charge in [0, 0.05) is 36.1 Å². The first-order chi connectivity index (χ1) is 15.1. The van der Waals surface area contributed by atoms with Crippen LogP contribution in [0.2, 0.25) is 0 Å². The number of thiazole rings is 1. The van der Waals surface area contributed by atoms with Gasteiger partial charge in [0.05, 0.1) is 5.39 Å². The molecule has 0 radical (unpaired) electrons. The Kier molecular flexibility index (Phi) is 5.29.